The van der Waals surface area contributed by atoms with E-state index in [-0.39, 0.29) is 5.82 Å². The predicted octanol–water partition coefficient (Wildman–Crippen LogP) is 3.65. The van der Waals surface area contributed by atoms with Crippen LogP contribution in [0.1, 0.15) is 11.1 Å². The normalized spacial score (nSPS) is 15.4. The summed E-state index contributed by atoms with van der Waals surface area (Å²) in [6.45, 7) is 4.53. The number of nitrogens with zero attached hydrogens (tertiary/aromatic N) is 3. The summed E-state index contributed by atoms with van der Waals surface area (Å²) in [4.78, 5) is 6.58. The Balaban J connectivity index is 1.40. The maximum atomic E-state index is 13.3. The first kappa shape index (κ1) is 17.6. The van der Waals surface area contributed by atoms with E-state index in [1.54, 1.807) is 18.5 Å². The van der Waals surface area contributed by atoms with Gasteiger partial charge in [-0.1, -0.05) is 24.3 Å². The highest BCUT2D eigenvalue weighted by Gasteiger charge is 2.10. The van der Waals surface area contributed by atoms with Gasteiger partial charge in [-0.3, -0.25) is 15.3 Å². The fourth-order valence-electron chi connectivity index (χ4n) is 3.12. The number of anilines is 1. The van der Waals surface area contributed by atoms with E-state index in [0.717, 1.165) is 49.5 Å². The third kappa shape index (κ3) is 4.48. The van der Waals surface area contributed by atoms with Crippen molar-refractivity contribution in [2.75, 3.05) is 31.7 Å². The zero-order valence-electron chi connectivity index (χ0n) is 14.9. The SMILES string of the molecule is Fc1ccc2c(NN=Cc3ccc(CN4CCOCC4)cc3)ccnc2c1. The Kier molecular flexibility index (Phi) is 5.37. The van der Waals surface area contributed by atoms with Crippen molar-refractivity contribution in [3.63, 3.8) is 0 Å². The summed E-state index contributed by atoms with van der Waals surface area (Å²) in [5, 5.41) is 5.14. The second-order valence-electron chi connectivity index (χ2n) is 6.52. The van der Waals surface area contributed by atoms with Crippen LogP contribution in [0.4, 0.5) is 10.1 Å². The standard InChI is InChI=1S/C21H21FN4O/c22-18-5-6-19-20(7-8-23-21(19)13-18)25-24-14-16-1-3-17(4-2-16)15-26-9-11-27-12-10-26/h1-8,13-14H,9-12,15H2,(H,23,25). The van der Waals surface area contributed by atoms with E-state index >= 15 is 0 Å². The van der Waals surface area contributed by atoms with Gasteiger partial charge in [-0.15, -0.1) is 0 Å². The number of hydrazone groups is 1. The summed E-state index contributed by atoms with van der Waals surface area (Å²) in [5.74, 6) is -0.298. The second-order valence-corrected chi connectivity index (χ2v) is 6.52. The number of ether oxygens (including phenoxy) is 1. The molecular formula is C21H21FN4O. The van der Waals surface area contributed by atoms with Crippen LogP contribution in [0.15, 0.2) is 59.8 Å². The van der Waals surface area contributed by atoms with Crippen LogP contribution in [0.25, 0.3) is 10.9 Å². The first-order valence-electron chi connectivity index (χ1n) is 9.00. The number of hydrogen-bond donors (Lipinski definition) is 1. The van der Waals surface area contributed by atoms with Gasteiger partial charge in [-0.05, 0) is 29.3 Å². The Labute approximate surface area is 157 Å². The van der Waals surface area contributed by atoms with Crippen LogP contribution < -0.4 is 5.43 Å². The molecule has 0 amide bonds. The first-order valence-corrected chi connectivity index (χ1v) is 9.00. The predicted molar refractivity (Wildman–Crippen MR) is 105 cm³/mol. The topological polar surface area (TPSA) is 49.8 Å². The molecule has 0 unspecified atom stereocenters. The van der Waals surface area contributed by atoms with Crippen molar-refractivity contribution in [1.29, 1.82) is 0 Å². The Morgan fingerprint density at radius 2 is 1.93 bits per heavy atom. The van der Waals surface area contributed by atoms with Crippen molar-refractivity contribution in [3.8, 4) is 0 Å². The summed E-state index contributed by atoms with van der Waals surface area (Å²) >= 11 is 0. The molecule has 3 aromatic rings. The van der Waals surface area contributed by atoms with Gasteiger partial charge in [0, 0.05) is 37.3 Å². The molecule has 138 valence electrons. The zero-order chi connectivity index (χ0) is 18.5. The molecule has 1 fully saturated rings. The third-order valence-electron chi connectivity index (χ3n) is 4.59. The molecule has 0 spiro atoms. The van der Waals surface area contributed by atoms with Crippen molar-refractivity contribution < 1.29 is 9.13 Å². The van der Waals surface area contributed by atoms with Crippen molar-refractivity contribution in [1.82, 2.24) is 9.88 Å². The fraction of sp³-hybridized carbons (Fsp3) is 0.238. The Hall–Kier alpha value is -2.83. The number of fused-ring (bicyclic) bond motifs is 1. The van der Waals surface area contributed by atoms with Gasteiger partial charge in [0.05, 0.1) is 30.6 Å². The van der Waals surface area contributed by atoms with Gasteiger partial charge in [0.1, 0.15) is 5.82 Å². The molecular weight excluding hydrogens is 343 g/mol. The minimum atomic E-state index is -0.298. The lowest BCUT2D eigenvalue weighted by Gasteiger charge is -2.26. The summed E-state index contributed by atoms with van der Waals surface area (Å²) in [6.07, 6.45) is 3.41. The van der Waals surface area contributed by atoms with Crippen LogP contribution in [0, 0.1) is 5.82 Å². The molecule has 1 N–H and O–H groups in total. The number of benzene rings is 2. The lowest BCUT2D eigenvalue weighted by molar-refractivity contribution is 0.0342. The molecule has 2 heterocycles. The maximum Gasteiger partial charge on any atom is 0.125 e. The molecule has 0 bridgehead atoms. The van der Waals surface area contributed by atoms with Crippen LogP contribution >= 0.6 is 0 Å². The quantitative estimate of drug-likeness (QED) is 0.555. The maximum absolute atomic E-state index is 13.3. The summed E-state index contributed by atoms with van der Waals surface area (Å²) in [6, 6.07) is 14.7. The second kappa shape index (κ2) is 8.24. The fourth-order valence-corrected chi connectivity index (χ4v) is 3.12. The van der Waals surface area contributed by atoms with E-state index in [9.17, 15) is 4.39 Å². The van der Waals surface area contributed by atoms with E-state index in [2.05, 4.69) is 44.7 Å². The van der Waals surface area contributed by atoms with Crippen LogP contribution in [0.5, 0.6) is 0 Å². The lowest BCUT2D eigenvalue weighted by atomic mass is 10.1. The number of hydrogen-bond acceptors (Lipinski definition) is 5. The molecule has 6 heteroatoms. The first-order chi connectivity index (χ1) is 13.3. The van der Waals surface area contributed by atoms with Crippen molar-refractivity contribution in [2.45, 2.75) is 6.54 Å². The molecule has 1 saturated heterocycles. The summed E-state index contributed by atoms with van der Waals surface area (Å²) in [7, 11) is 0. The van der Waals surface area contributed by atoms with Crippen molar-refractivity contribution in [2.24, 2.45) is 5.10 Å². The molecule has 4 rings (SSSR count). The minimum Gasteiger partial charge on any atom is -0.379 e. The van der Waals surface area contributed by atoms with Crippen LogP contribution in [0.2, 0.25) is 0 Å². The average molecular weight is 364 g/mol. The van der Waals surface area contributed by atoms with Crippen molar-refractivity contribution >= 4 is 22.8 Å². The molecule has 1 aromatic heterocycles. The molecule has 5 nitrogen and oxygen atoms in total. The number of rotatable bonds is 5. The largest absolute Gasteiger partial charge is 0.379 e. The molecule has 2 aromatic carbocycles. The molecule has 1 aliphatic rings. The molecule has 0 saturated carbocycles. The van der Waals surface area contributed by atoms with Gasteiger partial charge in [0.2, 0.25) is 0 Å². The summed E-state index contributed by atoms with van der Waals surface area (Å²) in [5.41, 5.74) is 6.71. The number of morpholine rings is 1. The minimum absolute atomic E-state index is 0.298. The van der Waals surface area contributed by atoms with Crippen LogP contribution in [-0.4, -0.2) is 42.4 Å². The average Bonchev–Trinajstić information content (AvgIpc) is 2.70. The molecule has 0 radical (unpaired) electrons. The van der Waals surface area contributed by atoms with E-state index in [1.807, 2.05) is 6.07 Å². The van der Waals surface area contributed by atoms with Gasteiger partial charge >= 0.3 is 0 Å². The van der Waals surface area contributed by atoms with Crippen LogP contribution in [-0.2, 0) is 11.3 Å². The van der Waals surface area contributed by atoms with Crippen LogP contribution in [0.3, 0.4) is 0 Å². The molecule has 0 atom stereocenters. The van der Waals surface area contributed by atoms with Gasteiger partial charge < -0.3 is 4.74 Å². The van der Waals surface area contributed by atoms with E-state index in [0.29, 0.717) is 5.52 Å². The Morgan fingerprint density at radius 3 is 2.74 bits per heavy atom. The van der Waals surface area contributed by atoms with E-state index in [4.69, 9.17) is 4.74 Å². The molecule has 0 aliphatic carbocycles. The highest BCUT2D eigenvalue weighted by Crippen LogP contribution is 2.22. The van der Waals surface area contributed by atoms with E-state index in [1.165, 1.54) is 17.7 Å². The van der Waals surface area contributed by atoms with Gasteiger partial charge in [-0.2, -0.15) is 5.10 Å². The van der Waals surface area contributed by atoms with Gasteiger partial charge in [0.15, 0.2) is 0 Å². The smallest absolute Gasteiger partial charge is 0.125 e. The molecule has 1 aliphatic heterocycles. The number of halogens is 1. The Morgan fingerprint density at radius 1 is 1.11 bits per heavy atom. The van der Waals surface area contributed by atoms with E-state index < -0.39 is 0 Å². The number of pyridine rings is 1. The van der Waals surface area contributed by atoms with Crippen molar-refractivity contribution in [3.05, 3.63) is 71.7 Å². The highest BCUT2D eigenvalue weighted by atomic mass is 19.1. The number of aromatic nitrogens is 1. The van der Waals surface area contributed by atoms with Gasteiger partial charge in [-0.25, -0.2) is 4.39 Å². The number of nitrogens with one attached hydrogen (secondary N) is 1. The third-order valence-corrected chi connectivity index (χ3v) is 4.59. The summed E-state index contributed by atoms with van der Waals surface area (Å²) < 4.78 is 18.7. The highest BCUT2D eigenvalue weighted by molar-refractivity contribution is 5.91. The lowest BCUT2D eigenvalue weighted by Crippen LogP contribution is -2.35. The molecule has 27 heavy (non-hydrogen) atoms. The zero-order valence-corrected chi connectivity index (χ0v) is 14.9. The monoisotopic (exact) mass is 364 g/mol. The Bertz CT molecular complexity index is 937. The van der Waals surface area contributed by atoms with Gasteiger partial charge in [0.25, 0.3) is 0 Å².